The summed E-state index contributed by atoms with van der Waals surface area (Å²) < 4.78 is 10.1. The first kappa shape index (κ1) is 25.6. The maximum atomic E-state index is 10.1. The number of hydrogen-bond acceptors (Lipinski definition) is 1. The summed E-state index contributed by atoms with van der Waals surface area (Å²) in [6.45, 7) is 16.4. The molecule has 2 aliphatic carbocycles. The zero-order valence-corrected chi connectivity index (χ0v) is 25.4. The van der Waals surface area contributed by atoms with Gasteiger partial charge in [0.15, 0.2) is 0 Å². The lowest BCUT2D eigenvalue weighted by Crippen LogP contribution is -2.39. The fourth-order valence-electron chi connectivity index (χ4n) is 7.09. The fourth-order valence-corrected chi connectivity index (χ4v) is 7.09. The third-order valence-electron chi connectivity index (χ3n) is 9.43. The zero-order chi connectivity index (χ0) is 29.2. The van der Waals surface area contributed by atoms with E-state index in [0.29, 0.717) is 5.41 Å². The molecule has 0 amide bonds. The Bertz CT molecular complexity index is 1580. The molecule has 0 atom stereocenters. The molecule has 4 aromatic carbocycles. The first-order valence-electron chi connectivity index (χ1n) is 15.6. The first-order valence-corrected chi connectivity index (χ1v) is 15.1. The third kappa shape index (κ3) is 4.58. The summed E-state index contributed by atoms with van der Waals surface area (Å²) in [5.41, 5.74) is 11.4. The lowest BCUT2D eigenvalue weighted by atomic mass is 9.70. The standard InChI is InChI=1S/C39H45N/c1-37(2,3)40(35-20-14-12-17-29(35)27-15-9-8-10-16-27)36-26-32-30-18-11-13-19-33(30)39(6,7)34(32)25-31(36)28-21-23-38(4,5)24-22-28/h8-20,25-26,28H,21-24H2,1-7H3/i28D. The highest BCUT2D eigenvalue weighted by Gasteiger charge is 2.39. The van der Waals surface area contributed by atoms with E-state index in [2.05, 4.69) is 144 Å². The Morgan fingerprint density at radius 2 is 1.27 bits per heavy atom. The van der Waals surface area contributed by atoms with Crippen LogP contribution < -0.4 is 4.90 Å². The summed E-state index contributed by atoms with van der Waals surface area (Å²) in [7, 11) is 0. The van der Waals surface area contributed by atoms with Gasteiger partial charge < -0.3 is 4.90 Å². The summed E-state index contributed by atoms with van der Waals surface area (Å²) >= 11 is 0. The quantitative estimate of drug-likeness (QED) is 0.254. The van der Waals surface area contributed by atoms with E-state index < -0.39 is 5.89 Å². The molecule has 0 radical (unpaired) electrons. The molecular formula is C39H45N. The first-order chi connectivity index (χ1) is 19.3. The van der Waals surface area contributed by atoms with E-state index in [-0.39, 0.29) is 11.0 Å². The van der Waals surface area contributed by atoms with Crippen LogP contribution in [-0.4, -0.2) is 5.54 Å². The van der Waals surface area contributed by atoms with Crippen molar-refractivity contribution in [2.75, 3.05) is 4.90 Å². The minimum atomic E-state index is -0.629. The Morgan fingerprint density at radius 1 is 0.675 bits per heavy atom. The van der Waals surface area contributed by atoms with Gasteiger partial charge in [-0.25, -0.2) is 0 Å². The maximum absolute atomic E-state index is 10.1. The van der Waals surface area contributed by atoms with Crippen LogP contribution in [0.2, 0.25) is 0 Å². The van der Waals surface area contributed by atoms with E-state index in [9.17, 15) is 1.37 Å². The summed E-state index contributed by atoms with van der Waals surface area (Å²) in [6.07, 6.45) is 3.93. The van der Waals surface area contributed by atoms with E-state index in [1.807, 2.05) is 0 Å². The normalized spacial score (nSPS) is 18.9. The van der Waals surface area contributed by atoms with Gasteiger partial charge in [-0.1, -0.05) is 107 Å². The molecule has 2 aliphatic rings. The molecule has 0 unspecified atom stereocenters. The number of para-hydroxylation sites is 1. The number of hydrogen-bond donors (Lipinski definition) is 0. The van der Waals surface area contributed by atoms with Crippen LogP contribution in [0, 0.1) is 5.41 Å². The average molecular weight is 529 g/mol. The van der Waals surface area contributed by atoms with Gasteiger partial charge in [-0.3, -0.25) is 0 Å². The SMILES string of the molecule is [2H]C1(c2cc3c(cc2N(c2ccccc2-c2ccccc2)C(C)(C)C)-c2ccccc2C3(C)C)CCC(C)(C)CC1. The number of rotatable bonds is 4. The Kier molecular flexibility index (Phi) is 6.19. The van der Waals surface area contributed by atoms with Gasteiger partial charge in [-0.05, 0) is 103 Å². The van der Waals surface area contributed by atoms with Crippen LogP contribution in [0.15, 0.2) is 91.0 Å². The van der Waals surface area contributed by atoms with Crippen LogP contribution in [-0.2, 0) is 5.41 Å². The monoisotopic (exact) mass is 528 g/mol. The third-order valence-corrected chi connectivity index (χ3v) is 9.43. The summed E-state index contributed by atoms with van der Waals surface area (Å²) in [5, 5.41) is 0. The van der Waals surface area contributed by atoms with E-state index >= 15 is 0 Å². The Labute approximate surface area is 243 Å². The number of benzene rings is 4. The second-order valence-electron chi connectivity index (χ2n) is 14.2. The van der Waals surface area contributed by atoms with Crippen LogP contribution in [0.3, 0.4) is 0 Å². The largest absolute Gasteiger partial charge is 0.335 e. The van der Waals surface area contributed by atoms with Gasteiger partial charge in [0.2, 0.25) is 0 Å². The zero-order valence-electron chi connectivity index (χ0n) is 26.4. The number of fused-ring (bicyclic) bond motifs is 3. The Morgan fingerprint density at radius 3 is 1.95 bits per heavy atom. The van der Waals surface area contributed by atoms with Crippen LogP contribution in [0.1, 0.15) is 98.1 Å². The number of anilines is 2. The smallest absolute Gasteiger partial charge is 0.0495 e. The molecular weight excluding hydrogens is 482 g/mol. The molecule has 0 saturated heterocycles. The summed E-state index contributed by atoms with van der Waals surface area (Å²) in [4.78, 5) is 2.54. The lowest BCUT2D eigenvalue weighted by molar-refractivity contribution is 0.224. The van der Waals surface area contributed by atoms with Crippen molar-refractivity contribution in [3.05, 3.63) is 108 Å². The molecule has 0 spiro atoms. The molecule has 40 heavy (non-hydrogen) atoms. The van der Waals surface area contributed by atoms with Gasteiger partial charge in [0.1, 0.15) is 0 Å². The van der Waals surface area contributed by atoms with E-state index in [4.69, 9.17) is 0 Å². The van der Waals surface area contributed by atoms with Crippen molar-refractivity contribution in [1.29, 1.82) is 0 Å². The molecule has 1 saturated carbocycles. The summed E-state index contributed by atoms with van der Waals surface area (Å²) in [6, 6.07) is 33.3. The maximum Gasteiger partial charge on any atom is 0.0495 e. The lowest BCUT2D eigenvalue weighted by Gasteiger charge is -2.43. The van der Waals surface area contributed by atoms with Crippen molar-refractivity contribution in [2.24, 2.45) is 5.41 Å². The van der Waals surface area contributed by atoms with Crippen LogP contribution in [0.25, 0.3) is 22.3 Å². The van der Waals surface area contributed by atoms with Crippen molar-refractivity contribution < 1.29 is 1.37 Å². The van der Waals surface area contributed by atoms with Gasteiger partial charge in [-0.2, -0.15) is 0 Å². The predicted molar refractivity (Wildman–Crippen MR) is 173 cm³/mol. The highest BCUT2D eigenvalue weighted by atomic mass is 15.2. The van der Waals surface area contributed by atoms with Crippen molar-refractivity contribution in [1.82, 2.24) is 0 Å². The highest BCUT2D eigenvalue weighted by molar-refractivity contribution is 5.89. The van der Waals surface area contributed by atoms with Gasteiger partial charge in [0, 0.05) is 29.3 Å². The van der Waals surface area contributed by atoms with E-state index in [1.54, 1.807) is 0 Å². The van der Waals surface area contributed by atoms with Crippen LogP contribution in [0.5, 0.6) is 0 Å². The fraction of sp³-hybridized carbons (Fsp3) is 0.385. The minimum Gasteiger partial charge on any atom is -0.335 e. The minimum absolute atomic E-state index is 0.0992. The van der Waals surface area contributed by atoms with E-state index in [1.165, 1.54) is 50.3 Å². The molecule has 4 aromatic rings. The van der Waals surface area contributed by atoms with Gasteiger partial charge >= 0.3 is 0 Å². The molecule has 206 valence electrons. The van der Waals surface area contributed by atoms with Crippen molar-refractivity contribution in [2.45, 2.75) is 91.0 Å². The van der Waals surface area contributed by atoms with Crippen molar-refractivity contribution in [3.8, 4) is 22.3 Å². The van der Waals surface area contributed by atoms with Crippen LogP contribution >= 0.6 is 0 Å². The van der Waals surface area contributed by atoms with Gasteiger partial charge in [0.05, 0.1) is 0 Å². The Hall–Kier alpha value is -3.32. The molecule has 1 heteroatoms. The Balaban J connectivity index is 1.65. The van der Waals surface area contributed by atoms with Crippen molar-refractivity contribution in [3.63, 3.8) is 0 Å². The van der Waals surface area contributed by atoms with E-state index in [0.717, 1.165) is 25.7 Å². The molecule has 0 heterocycles. The molecule has 0 aliphatic heterocycles. The molecule has 1 nitrogen and oxygen atoms in total. The number of nitrogens with zero attached hydrogens (tertiary/aromatic N) is 1. The molecule has 1 fully saturated rings. The average Bonchev–Trinajstić information content (AvgIpc) is 3.16. The second-order valence-corrected chi connectivity index (χ2v) is 14.2. The van der Waals surface area contributed by atoms with Crippen molar-refractivity contribution >= 4 is 11.4 Å². The predicted octanol–water partition coefficient (Wildman–Crippen LogP) is 11.3. The van der Waals surface area contributed by atoms with Gasteiger partial charge in [-0.15, -0.1) is 0 Å². The highest BCUT2D eigenvalue weighted by Crippen LogP contribution is 2.55. The van der Waals surface area contributed by atoms with Gasteiger partial charge in [0.25, 0.3) is 0 Å². The molecule has 0 bridgehead atoms. The second kappa shape index (κ2) is 9.65. The topological polar surface area (TPSA) is 3.24 Å². The van der Waals surface area contributed by atoms with Crippen LogP contribution in [0.4, 0.5) is 11.4 Å². The summed E-state index contributed by atoms with van der Waals surface area (Å²) in [5.74, 6) is -0.629. The molecule has 0 N–H and O–H groups in total. The molecule has 0 aromatic heterocycles. The molecule has 6 rings (SSSR count).